The maximum Gasteiger partial charge on any atom is 0.512 e. The van der Waals surface area contributed by atoms with Gasteiger partial charge in [-0.25, -0.2) is 0 Å². The van der Waals surface area contributed by atoms with Crippen LogP contribution in [0.5, 0.6) is 5.75 Å². The van der Waals surface area contributed by atoms with Gasteiger partial charge in [0.15, 0.2) is 6.63 Å². The van der Waals surface area contributed by atoms with E-state index in [0.717, 1.165) is 16.9 Å². The summed E-state index contributed by atoms with van der Waals surface area (Å²) in [5, 5.41) is 0. The molecule has 0 amide bonds. The summed E-state index contributed by atoms with van der Waals surface area (Å²) in [5.74, 6) is 0.847. The topological polar surface area (TPSA) is 36.9 Å². The maximum absolute atomic E-state index is 5.78. The van der Waals surface area contributed by atoms with Gasteiger partial charge in [0.2, 0.25) is 6.87 Å². The monoisotopic (exact) mass is 538 g/mol. The van der Waals surface area contributed by atoms with Crippen molar-refractivity contribution in [2.45, 2.75) is 26.3 Å². The first-order valence-electron chi connectivity index (χ1n) is 8.57. The summed E-state index contributed by atoms with van der Waals surface area (Å²) in [5.41, 5.74) is 3.41. The van der Waals surface area contributed by atoms with Crippen molar-refractivity contribution in [2.24, 2.45) is 0 Å². The quantitative estimate of drug-likeness (QED) is 0.299. The Labute approximate surface area is 200 Å². The van der Waals surface area contributed by atoms with E-state index < -0.39 is 28.4 Å². The summed E-state index contributed by atoms with van der Waals surface area (Å²) in [4.78, 5) is 0. The van der Waals surface area contributed by atoms with Gasteiger partial charge in [-0.1, -0.05) is 31.4 Å². The lowest BCUT2D eigenvalue weighted by atomic mass is 10.0. The van der Waals surface area contributed by atoms with Crippen LogP contribution in [0, 0.1) is 51.4 Å². The third-order valence-corrected chi connectivity index (χ3v) is 81.9. The van der Waals surface area contributed by atoms with E-state index in [9.17, 15) is 0 Å². The second-order valence-corrected chi connectivity index (χ2v) is 55.1. The molecule has 0 saturated heterocycles. The number of aryl methyl sites for hydroxylation is 1. The van der Waals surface area contributed by atoms with Crippen molar-refractivity contribution >= 4 is 77.2 Å². The summed E-state index contributed by atoms with van der Waals surface area (Å²) in [6, 6.07) is 4.69. The van der Waals surface area contributed by atoms with Crippen LogP contribution in [0.2, 0.25) is 6.04 Å². The zero-order valence-electron chi connectivity index (χ0n) is 16.9. The molecule has 1 aromatic carbocycles. The second kappa shape index (κ2) is 11.1. The SMILES string of the molecule is C#CO[Si](OC#C)[Si](CCc1ccc(OC)c(C)c1C)([Si]([Si])([Si])[Si])[Si]([Si])([Si])OC#C. The molecule has 1 rings (SSSR count). The zero-order valence-corrected chi connectivity index (χ0v) is 25.9. The van der Waals surface area contributed by atoms with Crippen LogP contribution in [-0.4, -0.2) is 84.4 Å². The van der Waals surface area contributed by atoms with Crippen molar-refractivity contribution in [1.29, 1.82) is 0 Å². The van der Waals surface area contributed by atoms with Gasteiger partial charge < -0.3 is 18.0 Å². The highest BCUT2D eigenvalue weighted by molar-refractivity contribution is 8.11. The van der Waals surface area contributed by atoms with E-state index >= 15 is 0 Å². The van der Waals surface area contributed by atoms with E-state index in [4.69, 9.17) is 37.3 Å². The lowest BCUT2D eigenvalue weighted by molar-refractivity contribution is 0.400. The molecule has 4 nitrogen and oxygen atoms in total. The number of terminal acetylenes is 3. The van der Waals surface area contributed by atoms with Gasteiger partial charge in [-0.2, -0.15) is 0 Å². The van der Waals surface area contributed by atoms with Gasteiger partial charge in [0.05, 0.1) is 44.9 Å². The van der Waals surface area contributed by atoms with Gasteiger partial charge in [-0.3, -0.25) is 0 Å². The zero-order chi connectivity index (χ0) is 23.2. The molecule has 146 valence electrons. The Kier molecular flexibility index (Phi) is 10.0. The van der Waals surface area contributed by atoms with Crippen LogP contribution in [0.4, 0.5) is 0 Å². The van der Waals surface area contributed by atoms with Gasteiger partial charge >= 0.3 is 8.80 Å². The number of hydrogen-bond acceptors (Lipinski definition) is 4. The molecule has 0 saturated carbocycles. The summed E-state index contributed by atoms with van der Waals surface area (Å²) < 4.78 is 22.5. The first-order valence-corrected chi connectivity index (χ1v) is 26.5. The van der Waals surface area contributed by atoms with Crippen LogP contribution in [0.3, 0.4) is 0 Å². The third-order valence-electron chi connectivity index (χ3n) is 4.94. The predicted molar refractivity (Wildman–Crippen MR) is 133 cm³/mol. The minimum atomic E-state index is -2.95. The largest absolute Gasteiger partial charge is 0.514 e. The minimum absolute atomic E-state index is 0.668. The Balaban J connectivity index is 3.61. The summed E-state index contributed by atoms with van der Waals surface area (Å²) >= 11 is 0. The fraction of sp³-hybridized carbons (Fsp3) is 0.294. The molecule has 0 aliphatic heterocycles. The van der Waals surface area contributed by atoms with Crippen LogP contribution in [0.1, 0.15) is 16.7 Å². The lowest BCUT2D eigenvalue weighted by Gasteiger charge is -2.48. The first kappa shape index (κ1) is 27.1. The normalized spacial score (nSPS) is 13.4. The van der Waals surface area contributed by atoms with Gasteiger partial charge in [-0.05, 0) is 43.0 Å². The molecule has 13 heteroatoms. The molecular weight excluding hydrogens is 521 g/mol. The van der Waals surface area contributed by atoms with Crippen molar-refractivity contribution in [3.05, 3.63) is 28.8 Å². The maximum atomic E-state index is 5.78. The van der Waals surface area contributed by atoms with Gasteiger partial charge in [0.25, 0.3) is 0 Å². The highest BCUT2D eigenvalue weighted by atomic mass is 30.4. The highest BCUT2D eigenvalue weighted by Gasteiger charge is 2.69. The minimum Gasteiger partial charge on any atom is -0.514 e. The van der Waals surface area contributed by atoms with Crippen LogP contribution < -0.4 is 4.74 Å². The average molecular weight is 539 g/mol. The van der Waals surface area contributed by atoms with Crippen molar-refractivity contribution in [2.75, 3.05) is 7.11 Å². The van der Waals surface area contributed by atoms with Crippen LogP contribution in [0.15, 0.2) is 12.1 Å². The summed E-state index contributed by atoms with van der Waals surface area (Å²) in [6.07, 6.45) is 21.4. The Bertz CT molecular complexity index is 863. The molecule has 0 spiro atoms. The molecule has 1 atom stereocenters. The number of methoxy groups -OCH3 is 1. The molecule has 1 unspecified atom stereocenters. The smallest absolute Gasteiger partial charge is 0.512 e. The van der Waals surface area contributed by atoms with E-state index in [2.05, 4.69) is 80.1 Å². The first-order chi connectivity index (χ1) is 13.9. The lowest BCUT2D eigenvalue weighted by Crippen LogP contribution is -2.88. The predicted octanol–water partition coefficient (Wildman–Crippen LogP) is -0.431. The number of hydrogen-bond donors (Lipinski definition) is 0. The van der Waals surface area contributed by atoms with E-state index in [0.29, 0.717) is 12.5 Å². The van der Waals surface area contributed by atoms with Crippen molar-refractivity contribution in [3.8, 4) is 43.3 Å². The number of rotatable bonds is 10. The molecule has 1 aromatic rings. The summed E-state index contributed by atoms with van der Waals surface area (Å²) in [6.45, 7) is -1.68. The molecule has 0 aromatic heterocycles. The summed E-state index contributed by atoms with van der Waals surface area (Å²) in [7, 11) is 18.9. The van der Waals surface area contributed by atoms with E-state index in [-0.39, 0.29) is 0 Å². The van der Waals surface area contributed by atoms with Crippen molar-refractivity contribution < 1.29 is 18.0 Å². The Morgan fingerprint density at radius 3 is 1.93 bits per heavy atom. The Hall–Kier alpha value is -0.948. The standard InChI is InChI=1S/C17H18O4Si9/c1-7-19-27(20-8-2)28(30(24,25)26,29(22,23)21-9-3)13-12-16-10-11-17(18-6)15(5)14(16)4/h1-3,10-11H,12-13H2,4-6H3. The molecular formula is C17H18O4Si9. The number of ether oxygens (including phenoxy) is 1. The molecule has 0 bridgehead atoms. The molecule has 0 heterocycles. The van der Waals surface area contributed by atoms with E-state index in [1.165, 1.54) is 5.56 Å². The molecule has 30 heavy (non-hydrogen) atoms. The number of benzene rings is 1. The fourth-order valence-corrected chi connectivity index (χ4v) is 93.4. The Morgan fingerprint density at radius 2 is 1.50 bits per heavy atom. The van der Waals surface area contributed by atoms with Gasteiger partial charge in [0.1, 0.15) is 5.75 Å². The van der Waals surface area contributed by atoms with E-state index in [1.54, 1.807) is 7.11 Å². The van der Waals surface area contributed by atoms with Crippen LogP contribution >= 0.6 is 0 Å². The highest BCUT2D eigenvalue weighted by Crippen LogP contribution is 2.32. The molecule has 0 fully saturated rings. The average Bonchev–Trinajstić information content (AvgIpc) is 2.64. The van der Waals surface area contributed by atoms with Crippen molar-refractivity contribution in [1.82, 2.24) is 0 Å². The van der Waals surface area contributed by atoms with E-state index in [1.807, 2.05) is 13.0 Å². The Morgan fingerprint density at radius 1 is 0.933 bits per heavy atom. The van der Waals surface area contributed by atoms with Gasteiger partial charge in [-0.15, -0.1) is 0 Å². The van der Waals surface area contributed by atoms with Gasteiger partial charge in [0, 0.05) is 35.4 Å². The fourth-order valence-electron chi connectivity index (χ4n) is 3.17. The molecule has 16 radical (unpaired) electrons. The molecule has 0 aliphatic rings. The third kappa shape index (κ3) is 5.45. The van der Waals surface area contributed by atoms with Crippen molar-refractivity contribution in [3.63, 3.8) is 0 Å². The second-order valence-electron chi connectivity index (χ2n) is 6.46. The van der Waals surface area contributed by atoms with Crippen LogP contribution in [-0.2, 0) is 19.7 Å². The molecule has 0 N–H and O–H groups in total. The molecule has 0 aliphatic carbocycles. The van der Waals surface area contributed by atoms with Crippen LogP contribution in [0.25, 0.3) is 0 Å².